The predicted octanol–water partition coefficient (Wildman–Crippen LogP) is 3.87. The van der Waals surface area contributed by atoms with Crippen molar-refractivity contribution in [3.63, 3.8) is 0 Å². The highest BCUT2D eigenvalue weighted by Crippen LogP contribution is 2.35. The van der Waals surface area contributed by atoms with E-state index in [4.69, 9.17) is 18.9 Å². The Bertz CT molecular complexity index is 1150. The van der Waals surface area contributed by atoms with Gasteiger partial charge < -0.3 is 23.5 Å². The molecule has 9 heteroatoms. The molecule has 2 aromatic carbocycles. The first-order valence-electron chi connectivity index (χ1n) is 10.6. The normalized spacial score (nSPS) is 14.7. The summed E-state index contributed by atoms with van der Waals surface area (Å²) < 4.78 is 24.6. The molecule has 8 nitrogen and oxygen atoms in total. The standard InChI is InChI=1S/C23H23N3O5S/c1-2-26-22(16-5-7-18-21(13-16)29-9-3-8-28-18)24-25-23(26)32-14-17(27)15-4-6-19-20(12-15)31-11-10-30-19/h4-7,12-13H,2-3,8-11,14H2,1H3. The van der Waals surface area contributed by atoms with E-state index in [0.717, 1.165) is 23.6 Å². The van der Waals surface area contributed by atoms with E-state index in [0.29, 0.717) is 60.9 Å². The summed E-state index contributed by atoms with van der Waals surface area (Å²) in [5, 5.41) is 9.42. The lowest BCUT2D eigenvalue weighted by Crippen LogP contribution is -2.16. The van der Waals surface area contributed by atoms with E-state index in [9.17, 15) is 4.79 Å². The van der Waals surface area contributed by atoms with Gasteiger partial charge in [0, 0.05) is 24.1 Å². The Morgan fingerprint density at radius 2 is 1.59 bits per heavy atom. The molecule has 0 N–H and O–H groups in total. The Morgan fingerprint density at radius 1 is 0.906 bits per heavy atom. The number of benzene rings is 2. The van der Waals surface area contributed by atoms with Crippen LogP contribution in [0.3, 0.4) is 0 Å². The highest BCUT2D eigenvalue weighted by Gasteiger charge is 2.19. The Kier molecular flexibility index (Phi) is 5.89. The number of carbonyl (C=O) groups excluding carboxylic acids is 1. The third-order valence-electron chi connectivity index (χ3n) is 5.24. The molecule has 0 fully saturated rings. The fourth-order valence-electron chi connectivity index (χ4n) is 3.63. The zero-order valence-electron chi connectivity index (χ0n) is 17.7. The van der Waals surface area contributed by atoms with Crippen molar-refractivity contribution in [3.05, 3.63) is 42.0 Å². The lowest BCUT2D eigenvalue weighted by atomic mass is 10.1. The number of carbonyl (C=O) groups is 1. The van der Waals surface area contributed by atoms with Crippen LogP contribution in [-0.4, -0.2) is 52.7 Å². The minimum absolute atomic E-state index is 0.00486. The van der Waals surface area contributed by atoms with E-state index < -0.39 is 0 Å². The highest BCUT2D eigenvalue weighted by atomic mass is 32.2. The molecule has 0 saturated carbocycles. The molecule has 32 heavy (non-hydrogen) atoms. The molecule has 166 valence electrons. The first-order valence-corrected chi connectivity index (χ1v) is 11.6. The second kappa shape index (κ2) is 9.12. The third kappa shape index (κ3) is 4.12. The molecule has 0 aliphatic carbocycles. The Morgan fingerprint density at radius 3 is 2.41 bits per heavy atom. The van der Waals surface area contributed by atoms with E-state index >= 15 is 0 Å². The van der Waals surface area contributed by atoms with Gasteiger partial charge in [-0.3, -0.25) is 4.79 Å². The summed E-state index contributed by atoms with van der Waals surface area (Å²) in [5.74, 6) is 3.72. The van der Waals surface area contributed by atoms with Crippen LogP contribution >= 0.6 is 11.8 Å². The van der Waals surface area contributed by atoms with E-state index in [-0.39, 0.29) is 11.5 Å². The molecular weight excluding hydrogens is 430 g/mol. The molecular formula is C23H23N3O5S. The van der Waals surface area contributed by atoms with Crippen molar-refractivity contribution < 1.29 is 23.7 Å². The number of fused-ring (bicyclic) bond motifs is 2. The Balaban J connectivity index is 1.32. The molecule has 0 atom stereocenters. The molecule has 0 radical (unpaired) electrons. The second-order valence-electron chi connectivity index (χ2n) is 7.33. The van der Waals surface area contributed by atoms with Gasteiger partial charge in [-0.05, 0) is 43.3 Å². The van der Waals surface area contributed by atoms with Crippen LogP contribution in [0.15, 0.2) is 41.6 Å². The second-order valence-corrected chi connectivity index (χ2v) is 8.28. The lowest BCUT2D eigenvalue weighted by molar-refractivity contribution is 0.102. The number of thioether (sulfide) groups is 1. The molecule has 0 unspecified atom stereocenters. The zero-order chi connectivity index (χ0) is 21.9. The maximum atomic E-state index is 12.8. The molecule has 3 heterocycles. The van der Waals surface area contributed by atoms with Crippen molar-refractivity contribution >= 4 is 17.5 Å². The van der Waals surface area contributed by atoms with Gasteiger partial charge >= 0.3 is 0 Å². The van der Waals surface area contributed by atoms with Crippen LogP contribution in [0.2, 0.25) is 0 Å². The maximum Gasteiger partial charge on any atom is 0.191 e. The van der Waals surface area contributed by atoms with E-state index in [1.54, 1.807) is 18.2 Å². The average Bonchev–Trinajstić information content (AvgIpc) is 3.10. The van der Waals surface area contributed by atoms with Crippen LogP contribution in [-0.2, 0) is 6.54 Å². The van der Waals surface area contributed by atoms with Crippen LogP contribution in [0, 0.1) is 0 Å². The van der Waals surface area contributed by atoms with Crippen molar-refractivity contribution in [3.8, 4) is 34.4 Å². The topological polar surface area (TPSA) is 84.7 Å². The van der Waals surface area contributed by atoms with Crippen molar-refractivity contribution in [2.24, 2.45) is 0 Å². The molecule has 5 rings (SSSR count). The van der Waals surface area contributed by atoms with Crippen LogP contribution in [0.1, 0.15) is 23.7 Å². The lowest BCUT2D eigenvalue weighted by Gasteiger charge is -2.18. The smallest absolute Gasteiger partial charge is 0.191 e. The summed E-state index contributed by atoms with van der Waals surface area (Å²) in [6.45, 7) is 4.99. The van der Waals surface area contributed by atoms with Gasteiger partial charge in [-0.1, -0.05) is 11.8 Å². The number of Topliss-reactive ketones (excluding diaryl/α,β-unsaturated/α-hetero) is 1. The molecule has 0 bridgehead atoms. The van der Waals surface area contributed by atoms with Gasteiger partial charge in [0.15, 0.2) is 39.8 Å². The Labute approximate surface area is 189 Å². The first kappa shape index (κ1) is 20.7. The molecule has 2 aliphatic rings. The van der Waals surface area contributed by atoms with E-state index in [1.165, 1.54) is 11.8 Å². The summed E-state index contributed by atoms with van der Waals surface area (Å²) in [6.07, 6.45) is 0.855. The highest BCUT2D eigenvalue weighted by molar-refractivity contribution is 7.99. The number of nitrogens with zero attached hydrogens (tertiary/aromatic N) is 3. The van der Waals surface area contributed by atoms with Crippen molar-refractivity contribution in [1.29, 1.82) is 0 Å². The largest absolute Gasteiger partial charge is 0.490 e. The number of ether oxygens (including phenoxy) is 4. The number of hydrogen-bond donors (Lipinski definition) is 0. The summed E-state index contributed by atoms with van der Waals surface area (Å²) >= 11 is 1.37. The van der Waals surface area contributed by atoms with Gasteiger partial charge in [0.1, 0.15) is 13.2 Å². The number of aromatic nitrogens is 3. The van der Waals surface area contributed by atoms with E-state index in [1.807, 2.05) is 29.7 Å². The zero-order valence-corrected chi connectivity index (χ0v) is 18.5. The van der Waals surface area contributed by atoms with Gasteiger partial charge in [-0.25, -0.2) is 0 Å². The minimum atomic E-state index is -0.00486. The van der Waals surface area contributed by atoms with Gasteiger partial charge in [-0.2, -0.15) is 0 Å². The molecule has 0 spiro atoms. The van der Waals surface area contributed by atoms with Gasteiger partial charge in [-0.15, -0.1) is 10.2 Å². The summed E-state index contributed by atoms with van der Waals surface area (Å²) in [6, 6.07) is 11.1. The van der Waals surface area contributed by atoms with Gasteiger partial charge in [0.05, 0.1) is 19.0 Å². The molecule has 0 saturated heterocycles. The molecule has 1 aromatic heterocycles. The van der Waals surface area contributed by atoms with Crippen molar-refractivity contribution in [1.82, 2.24) is 14.8 Å². The summed E-state index contributed by atoms with van der Waals surface area (Å²) in [5.41, 5.74) is 1.49. The quantitative estimate of drug-likeness (QED) is 0.411. The van der Waals surface area contributed by atoms with Crippen molar-refractivity contribution in [2.45, 2.75) is 25.0 Å². The first-order chi connectivity index (χ1) is 15.7. The van der Waals surface area contributed by atoms with Crippen molar-refractivity contribution in [2.75, 3.05) is 32.2 Å². The Hall–Kier alpha value is -3.20. The number of hydrogen-bond acceptors (Lipinski definition) is 8. The average molecular weight is 454 g/mol. The molecule has 2 aliphatic heterocycles. The SMILES string of the molecule is CCn1c(SCC(=O)c2ccc3c(c2)OCCO3)nnc1-c1ccc2c(c1)OCCCO2. The van der Waals surface area contributed by atoms with Crippen LogP contribution < -0.4 is 18.9 Å². The maximum absolute atomic E-state index is 12.8. The fraction of sp³-hybridized carbons (Fsp3) is 0.348. The van der Waals surface area contributed by atoms with E-state index in [2.05, 4.69) is 10.2 Å². The predicted molar refractivity (Wildman–Crippen MR) is 119 cm³/mol. The third-order valence-corrected chi connectivity index (χ3v) is 6.20. The van der Waals surface area contributed by atoms with Crippen LogP contribution in [0.4, 0.5) is 0 Å². The fourth-order valence-corrected chi connectivity index (χ4v) is 4.52. The van der Waals surface area contributed by atoms with Crippen LogP contribution in [0.5, 0.6) is 23.0 Å². The summed E-state index contributed by atoms with van der Waals surface area (Å²) in [7, 11) is 0. The van der Waals surface area contributed by atoms with Crippen LogP contribution in [0.25, 0.3) is 11.4 Å². The molecule has 0 amide bonds. The number of ketones is 1. The number of rotatable bonds is 6. The van der Waals surface area contributed by atoms with Gasteiger partial charge in [0.25, 0.3) is 0 Å². The summed E-state index contributed by atoms with van der Waals surface area (Å²) in [4.78, 5) is 12.8. The minimum Gasteiger partial charge on any atom is -0.490 e. The molecule has 3 aromatic rings. The van der Waals surface area contributed by atoms with Gasteiger partial charge in [0.2, 0.25) is 0 Å². The monoisotopic (exact) mass is 453 g/mol.